The van der Waals surface area contributed by atoms with Gasteiger partial charge in [0, 0.05) is 25.5 Å². The number of amides is 4. The summed E-state index contributed by atoms with van der Waals surface area (Å²) in [7, 11) is 2.97. The van der Waals surface area contributed by atoms with E-state index >= 15 is 0 Å². The predicted octanol–water partition coefficient (Wildman–Crippen LogP) is 3.46. The molecule has 13 nitrogen and oxygen atoms in total. The molecule has 1 saturated heterocycles. The Hall–Kier alpha value is -4.16. The van der Waals surface area contributed by atoms with Crippen molar-refractivity contribution >= 4 is 35.3 Å². The fraction of sp³-hybridized carbons (Fsp3) is 0.657. The van der Waals surface area contributed by atoms with Crippen LogP contribution in [0, 0.1) is 19.3 Å². The van der Waals surface area contributed by atoms with Gasteiger partial charge in [0.1, 0.15) is 23.9 Å². The number of carbonyl (C=O) groups is 5. The molecule has 2 aliphatic heterocycles. The van der Waals surface area contributed by atoms with Gasteiger partial charge in [0.2, 0.25) is 17.6 Å². The normalized spacial score (nSPS) is 22.0. The van der Waals surface area contributed by atoms with Crippen LogP contribution in [0.5, 0.6) is 5.75 Å². The van der Waals surface area contributed by atoms with E-state index < -0.39 is 58.7 Å². The van der Waals surface area contributed by atoms with Crippen LogP contribution in [-0.2, 0) is 28.8 Å². The maximum Gasteiger partial charge on any atom is 0.408 e. The van der Waals surface area contributed by atoms with Crippen molar-refractivity contribution in [3.05, 3.63) is 28.8 Å². The summed E-state index contributed by atoms with van der Waals surface area (Å²) in [4.78, 5) is 74.1. The Balaban J connectivity index is 1.63. The number of nitrogens with one attached hydrogen (secondary N) is 3. The molecule has 1 spiro atoms. The highest BCUT2D eigenvalue weighted by molar-refractivity contribution is 6.38. The second kappa shape index (κ2) is 14.9. The number of hydrogen-bond acceptors (Lipinski definition) is 9. The highest BCUT2D eigenvalue weighted by Gasteiger charge is 2.55. The number of oxime groups is 1. The Bertz CT molecular complexity index is 1420. The van der Waals surface area contributed by atoms with E-state index in [-0.39, 0.29) is 25.5 Å². The van der Waals surface area contributed by atoms with Gasteiger partial charge in [-0.2, -0.15) is 0 Å². The first-order valence-electron chi connectivity index (χ1n) is 16.9. The molecule has 1 aromatic carbocycles. The quantitative estimate of drug-likeness (QED) is 0.302. The Labute approximate surface area is 282 Å². The van der Waals surface area contributed by atoms with Crippen molar-refractivity contribution in [2.75, 3.05) is 20.7 Å². The summed E-state index contributed by atoms with van der Waals surface area (Å²) in [5.41, 5.74) is 1.59. The Morgan fingerprint density at radius 2 is 1.73 bits per heavy atom. The molecular weight excluding hydrogens is 618 g/mol. The van der Waals surface area contributed by atoms with Gasteiger partial charge in [0.05, 0.1) is 25.4 Å². The number of likely N-dealkylation sites (N-methyl/N-ethyl adjacent to an activating group) is 1. The van der Waals surface area contributed by atoms with Gasteiger partial charge in [-0.15, -0.1) is 0 Å². The van der Waals surface area contributed by atoms with E-state index in [2.05, 4.69) is 21.1 Å². The van der Waals surface area contributed by atoms with Crippen LogP contribution in [0.3, 0.4) is 0 Å². The van der Waals surface area contributed by atoms with Gasteiger partial charge in [-0.25, -0.2) is 4.79 Å². The summed E-state index contributed by atoms with van der Waals surface area (Å²) in [6, 6.07) is 0.745. The third kappa shape index (κ3) is 8.10. The third-order valence-corrected chi connectivity index (χ3v) is 9.43. The fourth-order valence-corrected chi connectivity index (χ4v) is 6.95. The Morgan fingerprint density at radius 1 is 1.08 bits per heavy atom. The van der Waals surface area contributed by atoms with Crippen molar-refractivity contribution in [1.82, 2.24) is 20.9 Å². The van der Waals surface area contributed by atoms with Gasteiger partial charge in [0.15, 0.2) is 5.60 Å². The van der Waals surface area contributed by atoms with Gasteiger partial charge in [-0.1, -0.05) is 39.3 Å². The minimum Gasteiger partial charge on any atom is -0.496 e. The smallest absolute Gasteiger partial charge is 0.408 e. The molecule has 3 N–H and O–H groups in total. The molecule has 1 unspecified atom stereocenters. The lowest BCUT2D eigenvalue weighted by Gasteiger charge is -2.35. The average molecular weight is 670 g/mol. The number of carbonyl (C=O) groups excluding carboxylic acids is 5. The van der Waals surface area contributed by atoms with Crippen LogP contribution in [0.1, 0.15) is 95.8 Å². The standard InChI is InChI=1S/C35H51N5O8/c1-9-12-24(27(41)31(43)36-7)37-30(42)26-18-35(17-25(39-48-35)22-15-20(2)28(46-8)21(3)16-22)19-40(26)32(44)29(34(4,5)6)38-33(45)47-23-13-10-11-14-23/h15-16,23-24,26,29H,9-14,17-19H2,1-8H3,(H,36,43)(H,37,42)(H,38,45)/t24?,26-,29+,35+/m0/s1. The maximum atomic E-state index is 14.5. The molecule has 48 heavy (non-hydrogen) atoms. The number of benzene rings is 1. The number of ketones is 1. The zero-order valence-electron chi connectivity index (χ0n) is 29.5. The average Bonchev–Trinajstić information content (AvgIpc) is 3.78. The first-order valence-corrected chi connectivity index (χ1v) is 16.9. The largest absolute Gasteiger partial charge is 0.496 e. The Morgan fingerprint density at radius 3 is 2.29 bits per heavy atom. The zero-order chi connectivity index (χ0) is 35.4. The van der Waals surface area contributed by atoms with Crippen LogP contribution in [-0.4, -0.2) is 90.7 Å². The van der Waals surface area contributed by atoms with Crippen LogP contribution in [0.2, 0.25) is 0 Å². The molecule has 13 heteroatoms. The van der Waals surface area contributed by atoms with Gasteiger partial charge in [0.25, 0.3) is 5.91 Å². The predicted molar refractivity (Wildman–Crippen MR) is 179 cm³/mol. The van der Waals surface area contributed by atoms with E-state index in [4.69, 9.17) is 14.3 Å². The van der Waals surface area contributed by atoms with Crippen molar-refractivity contribution in [3.8, 4) is 5.75 Å². The minimum atomic E-state index is -1.07. The van der Waals surface area contributed by atoms with Crippen LogP contribution in [0.4, 0.5) is 4.79 Å². The number of hydrogen-bond donors (Lipinski definition) is 3. The minimum absolute atomic E-state index is 0.0127. The van der Waals surface area contributed by atoms with Crippen molar-refractivity contribution in [3.63, 3.8) is 0 Å². The summed E-state index contributed by atoms with van der Waals surface area (Å²) in [6.45, 7) is 11.2. The molecule has 0 bridgehead atoms. The fourth-order valence-electron chi connectivity index (χ4n) is 6.95. The first-order chi connectivity index (χ1) is 22.6. The number of alkyl carbamates (subject to hydrolysis) is 1. The number of ether oxygens (including phenoxy) is 2. The summed E-state index contributed by atoms with van der Waals surface area (Å²) < 4.78 is 11.1. The lowest BCUT2D eigenvalue weighted by molar-refractivity contribution is -0.144. The Kier molecular flexibility index (Phi) is 11.4. The lowest BCUT2D eigenvalue weighted by atomic mass is 9.85. The van der Waals surface area contributed by atoms with Crippen LogP contribution in [0.25, 0.3) is 0 Å². The monoisotopic (exact) mass is 669 g/mol. The van der Waals surface area contributed by atoms with E-state index in [1.807, 2.05) is 53.7 Å². The van der Waals surface area contributed by atoms with Crippen molar-refractivity contribution < 1.29 is 38.3 Å². The summed E-state index contributed by atoms with van der Waals surface area (Å²) in [5, 5.41) is 12.3. The van der Waals surface area contributed by atoms with E-state index in [1.54, 1.807) is 7.11 Å². The molecule has 4 amide bonds. The number of aryl methyl sites for hydroxylation is 2. The molecule has 1 aromatic rings. The van der Waals surface area contributed by atoms with Crippen molar-refractivity contribution in [2.24, 2.45) is 10.6 Å². The zero-order valence-corrected chi connectivity index (χ0v) is 29.5. The lowest BCUT2D eigenvalue weighted by Crippen LogP contribution is -2.59. The molecule has 1 saturated carbocycles. The summed E-state index contributed by atoms with van der Waals surface area (Å²) >= 11 is 0. The van der Waals surface area contributed by atoms with E-state index in [1.165, 1.54) is 11.9 Å². The number of Topliss-reactive ketones (excluding diaryl/α,β-unsaturated/α-hetero) is 1. The second-order valence-electron chi connectivity index (χ2n) is 14.4. The number of likely N-dealkylation sites (tertiary alicyclic amines) is 1. The molecule has 4 rings (SSSR count). The second-order valence-corrected chi connectivity index (χ2v) is 14.4. The first kappa shape index (κ1) is 36.7. The van der Waals surface area contributed by atoms with E-state index in [0.29, 0.717) is 18.6 Å². The molecule has 1 aliphatic carbocycles. The molecular formula is C35H51N5O8. The van der Waals surface area contributed by atoms with Gasteiger partial charge >= 0.3 is 6.09 Å². The van der Waals surface area contributed by atoms with E-state index in [9.17, 15) is 24.0 Å². The SMILES string of the molecule is CCCC(NC(=O)[C@@H]1C[C@]2(CC(c3cc(C)c(OC)c(C)c3)=NO2)CN1C(=O)[C@@H](NC(=O)OC1CCCC1)C(C)(C)C)C(=O)C(=O)NC. The molecule has 2 heterocycles. The molecule has 3 aliphatic rings. The van der Waals surface area contributed by atoms with Crippen molar-refractivity contribution in [2.45, 2.75) is 123 Å². The summed E-state index contributed by atoms with van der Waals surface area (Å²) in [5.74, 6) is -1.88. The van der Waals surface area contributed by atoms with Gasteiger partial charge < -0.3 is 35.2 Å². The number of rotatable bonds is 11. The maximum absolute atomic E-state index is 14.5. The number of methoxy groups -OCH3 is 1. The molecule has 0 radical (unpaired) electrons. The summed E-state index contributed by atoms with van der Waals surface area (Å²) in [6.07, 6.45) is 3.81. The van der Waals surface area contributed by atoms with Gasteiger partial charge in [-0.3, -0.25) is 19.2 Å². The molecule has 2 fully saturated rings. The third-order valence-electron chi connectivity index (χ3n) is 9.43. The van der Waals surface area contributed by atoms with Crippen LogP contribution >= 0.6 is 0 Å². The highest BCUT2D eigenvalue weighted by atomic mass is 16.7. The topological polar surface area (TPSA) is 165 Å². The van der Waals surface area contributed by atoms with Crippen LogP contribution < -0.4 is 20.7 Å². The molecule has 4 atom stereocenters. The van der Waals surface area contributed by atoms with Gasteiger partial charge in [-0.05, 0) is 74.6 Å². The van der Waals surface area contributed by atoms with Crippen LogP contribution in [0.15, 0.2) is 17.3 Å². The van der Waals surface area contributed by atoms with E-state index in [0.717, 1.165) is 48.1 Å². The highest BCUT2D eigenvalue weighted by Crippen LogP contribution is 2.41. The molecule has 0 aromatic heterocycles. The number of nitrogens with zero attached hydrogens (tertiary/aromatic N) is 2. The van der Waals surface area contributed by atoms with Crippen molar-refractivity contribution in [1.29, 1.82) is 0 Å². The molecule has 264 valence electrons.